The number of likely N-dealkylation sites (tertiary alicyclic amines) is 1. The van der Waals surface area contributed by atoms with E-state index in [1.807, 2.05) is 48.4 Å². The van der Waals surface area contributed by atoms with Gasteiger partial charge in [0.05, 0.1) is 0 Å². The average molecular weight is 526 g/mol. The number of benzene rings is 2. The molecule has 3 heterocycles. The first kappa shape index (κ1) is 26.2. The quantitative estimate of drug-likeness (QED) is 0.279. The van der Waals surface area contributed by atoms with E-state index in [-0.39, 0.29) is 11.7 Å². The van der Waals surface area contributed by atoms with Crippen LogP contribution < -0.4 is 16.0 Å². The predicted octanol–water partition coefficient (Wildman–Crippen LogP) is 5.51. The third kappa shape index (κ3) is 6.94. The Morgan fingerprint density at radius 1 is 0.923 bits per heavy atom. The van der Waals surface area contributed by atoms with Gasteiger partial charge in [0.25, 0.3) is 5.91 Å². The fraction of sp³-hybridized carbons (Fsp3) is 0.267. The molecule has 200 valence electrons. The minimum atomic E-state index is -0.249. The summed E-state index contributed by atoms with van der Waals surface area (Å²) in [5.74, 6) is 0.788. The highest BCUT2D eigenvalue weighted by atomic mass is 19.1. The summed E-state index contributed by atoms with van der Waals surface area (Å²) < 4.78 is 13.5. The Morgan fingerprint density at radius 2 is 1.67 bits per heavy atom. The second-order valence-electron chi connectivity index (χ2n) is 9.81. The number of aryl methyl sites for hydroxylation is 2. The zero-order valence-corrected chi connectivity index (χ0v) is 22.1. The smallest absolute Gasteiger partial charge is 0.253 e. The second kappa shape index (κ2) is 12.0. The molecule has 1 aliphatic heterocycles. The lowest BCUT2D eigenvalue weighted by Gasteiger charge is -2.32. The van der Waals surface area contributed by atoms with E-state index in [4.69, 9.17) is 0 Å². The van der Waals surface area contributed by atoms with Crippen molar-refractivity contribution < 1.29 is 9.18 Å². The number of halogens is 1. The van der Waals surface area contributed by atoms with Crippen LogP contribution in [0.15, 0.2) is 73.1 Å². The average Bonchev–Trinajstić information content (AvgIpc) is 2.95. The van der Waals surface area contributed by atoms with Gasteiger partial charge >= 0.3 is 0 Å². The van der Waals surface area contributed by atoms with Crippen molar-refractivity contribution in [2.75, 3.05) is 23.7 Å². The summed E-state index contributed by atoms with van der Waals surface area (Å²) in [7, 11) is 0. The highest BCUT2D eigenvalue weighted by Crippen LogP contribution is 2.21. The number of piperidine rings is 1. The molecule has 0 spiro atoms. The van der Waals surface area contributed by atoms with Crippen molar-refractivity contribution in [2.45, 2.75) is 39.3 Å². The van der Waals surface area contributed by atoms with Crippen molar-refractivity contribution in [1.29, 1.82) is 0 Å². The maximum Gasteiger partial charge on any atom is 0.253 e. The van der Waals surface area contributed by atoms with Gasteiger partial charge in [0.2, 0.25) is 5.95 Å². The summed E-state index contributed by atoms with van der Waals surface area (Å²) >= 11 is 0. The van der Waals surface area contributed by atoms with E-state index in [9.17, 15) is 9.18 Å². The number of amides is 1. The predicted molar refractivity (Wildman–Crippen MR) is 151 cm³/mol. The molecule has 1 saturated heterocycles. The van der Waals surface area contributed by atoms with Gasteiger partial charge in [-0.2, -0.15) is 4.98 Å². The van der Waals surface area contributed by atoms with Crippen molar-refractivity contribution in [2.24, 2.45) is 0 Å². The Hall–Kier alpha value is -4.37. The molecule has 0 saturated carbocycles. The van der Waals surface area contributed by atoms with Gasteiger partial charge in [-0.25, -0.2) is 9.37 Å². The summed E-state index contributed by atoms with van der Waals surface area (Å²) in [6.07, 6.45) is 5.33. The molecule has 0 bridgehead atoms. The van der Waals surface area contributed by atoms with Crippen LogP contribution >= 0.6 is 0 Å². The zero-order valence-electron chi connectivity index (χ0n) is 22.1. The van der Waals surface area contributed by atoms with E-state index >= 15 is 0 Å². The van der Waals surface area contributed by atoms with Gasteiger partial charge in [0.15, 0.2) is 0 Å². The van der Waals surface area contributed by atoms with E-state index in [0.717, 1.165) is 49.5 Å². The van der Waals surface area contributed by atoms with Crippen LogP contribution in [0.25, 0.3) is 0 Å². The summed E-state index contributed by atoms with van der Waals surface area (Å²) in [4.78, 5) is 28.0. The Balaban J connectivity index is 1.12. The minimum Gasteiger partial charge on any atom is -0.340 e. The number of anilines is 4. The fourth-order valence-corrected chi connectivity index (χ4v) is 4.63. The molecule has 4 aromatic rings. The zero-order chi connectivity index (χ0) is 27.2. The van der Waals surface area contributed by atoms with Gasteiger partial charge in [-0.1, -0.05) is 0 Å². The van der Waals surface area contributed by atoms with Crippen LogP contribution in [0, 0.1) is 19.7 Å². The van der Waals surface area contributed by atoms with Gasteiger partial charge in [0, 0.05) is 60.7 Å². The molecule has 1 fully saturated rings. The lowest BCUT2D eigenvalue weighted by Crippen LogP contribution is -2.44. The standard InChI is InChI=1S/C30H32FN7O/c1-20-17-26(7-8-27(20)31)35-28-10-14-33-30(37-28)36-25-5-3-23(4-6-25)29(39)38-15-11-24(12-16-38)34-19-22-9-13-32-21(2)18-22/h3-10,13-14,17-18,24,34H,11-12,15-16,19H2,1-2H3,(H2,33,35,36,37). The summed E-state index contributed by atoms with van der Waals surface area (Å²) in [5.41, 5.74) is 4.97. The van der Waals surface area contributed by atoms with Crippen LogP contribution in [-0.2, 0) is 6.54 Å². The summed E-state index contributed by atoms with van der Waals surface area (Å²) in [5, 5.41) is 9.95. The topological polar surface area (TPSA) is 95.1 Å². The Morgan fingerprint density at radius 3 is 2.41 bits per heavy atom. The Kier molecular flexibility index (Phi) is 8.07. The SMILES string of the molecule is Cc1cc(CNC2CCN(C(=O)c3ccc(Nc4nccc(Nc5ccc(F)c(C)c5)n4)cc3)CC2)ccn1. The van der Waals surface area contributed by atoms with Crippen molar-refractivity contribution >= 4 is 29.0 Å². The molecule has 3 N–H and O–H groups in total. The van der Waals surface area contributed by atoms with Crippen LogP contribution in [0.5, 0.6) is 0 Å². The van der Waals surface area contributed by atoms with Crippen LogP contribution in [0.1, 0.15) is 40.0 Å². The molecule has 0 aliphatic carbocycles. The number of hydrogen-bond acceptors (Lipinski definition) is 7. The van der Waals surface area contributed by atoms with Crippen LogP contribution in [0.3, 0.4) is 0 Å². The van der Waals surface area contributed by atoms with E-state index in [1.54, 1.807) is 31.3 Å². The summed E-state index contributed by atoms with van der Waals surface area (Å²) in [6, 6.07) is 18.4. The number of rotatable bonds is 8. The first-order valence-electron chi connectivity index (χ1n) is 13.1. The van der Waals surface area contributed by atoms with E-state index in [1.165, 1.54) is 11.6 Å². The first-order chi connectivity index (χ1) is 18.9. The first-order valence-corrected chi connectivity index (χ1v) is 13.1. The lowest BCUT2D eigenvalue weighted by molar-refractivity contribution is 0.0704. The van der Waals surface area contributed by atoms with Gasteiger partial charge < -0.3 is 20.9 Å². The lowest BCUT2D eigenvalue weighted by atomic mass is 10.0. The number of hydrogen-bond donors (Lipinski definition) is 3. The molecular formula is C30H32FN7O. The van der Waals surface area contributed by atoms with Gasteiger partial charge in [-0.15, -0.1) is 0 Å². The van der Waals surface area contributed by atoms with E-state index in [0.29, 0.717) is 28.9 Å². The van der Waals surface area contributed by atoms with E-state index < -0.39 is 0 Å². The number of carbonyl (C=O) groups is 1. The minimum absolute atomic E-state index is 0.0433. The Bertz CT molecular complexity index is 1440. The molecule has 1 aliphatic rings. The molecule has 5 rings (SSSR count). The van der Waals surface area contributed by atoms with Gasteiger partial charge in [-0.05, 0) is 98.5 Å². The molecular weight excluding hydrogens is 493 g/mol. The molecule has 0 radical (unpaired) electrons. The molecule has 9 heteroatoms. The van der Waals surface area contributed by atoms with Crippen LogP contribution in [0.2, 0.25) is 0 Å². The molecule has 2 aromatic heterocycles. The molecule has 0 atom stereocenters. The highest BCUT2D eigenvalue weighted by molar-refractivity contribution is 5.94. The second-order valence-corrected chi connectivity index (χ2v) is 9.81. The number of pyridine rings is 1. The maximum atomic E-state index is 13.5. The van der Waals surface area contributed by atoms with Crippen molar-refractivity contribution in [3.05, 3.63) is 101 Å². The van der Waals surface area contributed by atoms with Gasteiger partial charge in [0.1, 0.15) is 11.6 Å². The third-order valence-corrected chi connectivity index (χ3v) is 6.81. The molecule has 8 nitrogen and oxygen atoms in total. The Labute approximate surface area is 227 Å². The number of aromatic nitrogens is 3. The van der Waals surface area contributed by atoms with Crippen molar-refractivity contribution in [1.82, 2.24) is 25.2 Å². The molecule has 39 heavy (non-hydrogen) atoms. The van der Waals surface area contributed by atoms with Crippen LogP contribution in [-0.4, -0.2) is 44.9 Å². The monoisotopic (exact) mass is 525 g/mol. The molecule has 1 amide bonds. The van der Waals surface area contributed by atoms with Crippen LogP contribution in [0.4, 0.5) is 27.5 Å². The number of carbonyl (C=O) groups excluding carboxylic acids is 1. The third-order valence-electron chi connectivity index (χ3n) is 6.81. The number of nitrogens with one attached hydrogen (secondary N) is 3. The fourth-order valence-electron chi connectivity index (χ4n) is 4.63. The number of nitrogens with zero attached hydrogens (tertiary/aromatic N) is 4. The van der Waals surface area contributed by atoms with Crippen molar-refractivity contribution in [3.8, 4) is 0 Å². The normalized spacial score (nSPS) is 13.8. The summed E-state index contributed by atoms with van der Waals surface area (Å²) in [6.45, 7) is 5.98. The van der Waals surface area contributed by atoms with Crippen molar-refractivity contribution in [3.63, 3.8) is 0 Å². The molecule has 2 aromatic carbocycles. The highest BCUT2D eigenvalue weighted by Gasteiger charge is 2.23. The van der Waals surface area contributed by atoms with E-state index in [2.05, 4.69) is 37.0 Å². The van der Waals surface area contributed by atoms with Gasteiger partial charge in [-0.3, -0.25) is 9.78 Å². The largest absolute Gasteiger partial charge is 0.340 e. The molecule has 0 unspecified atom stereocenters. The maximum absolute atomic E-state index is 13.5.